The van der Waals surface area contributed by atoms with E-state index in [1.807, 2.05) is 36.7 Å². The summed E-state index contributed by atoms with van der Waals surface area (Å²) in [6.07, 6.45) is 18.6. The maximum Gasteiger partial charge on any atom is 0.159 e. The Labute approximate surface area is 199 Å². The Morgan fingerprint density at radius 2 is 1.15 bits per heavy atom. The third-order valence-electron chi connectivity index (χ3n) is 6.34. The molecule has 2 nitrogen and oxygen atoms in total. The summed E-state index contributed by atoms with van der Waals surface area (Å²) in [4.78, 5) is 8.99. The van der Waals surface area contributed by atoms with Crippen LogP contribution < -0.4 is 0 Å². The minimum atomic E-state index is -0.233. The lowest BCUT2D eigenvalue weighted by Crippen LogP contribution is -1.95. The fraction of sp³-hybridized carbons (Fsp3) is 0.467. The van der Waals surface area contributed by atoms with Crippen LogP contribution in [0.3, 0.4) is 0 Å². The summed E-state index contributed by atoms with van der Waals surface area (Å²) >= 11 is 0. The molecule has 0 saturated carbocycles. The van der Waals surface area contributed by atoms with Gasteiger partial charge in [0.15, 0.2) is 5.82 Å². The third-order valence-corrected chi connectivity index (χ3v) is 6.34. The molecule has 2 aromatic carbocycles. The Hall–Kier alpha value is -2.55. The topological polar surface area (TPSA) is 25.8 Å². The summed E-state index contributed by atoms with van der Waals surface area (Å²) in [6, 6.07) is 13.6. The van der Waals surface area contributed by atoms with Gasteiger partial charge in [-0.1, -0.05) is 102 Å². The zero-order valence-electron chi connectivity index (χ0n) is 20.5. The average Bonchev–Trinajstić information content (AvgIpc) is 2.85. The van der Waals surface area contributed by atoms with E-state index in [2.05, 4.69) is 35.9 Å². The first kappa shape index (κ1) is 25.1. The molecule has 1 heterocycles. The average molecular weight is 447 g/mol. The van der Waals surface area contributed by atoms with E-state index in [1.54, 1.807) is 6.07 Å². The van der Waals surface area contributed by atoms with Crippen molar-refractivity contribution in [3.8, 4) is 22.5 Å². The van der Waals surface area contributed by atoms with E-state index in [0.29, 0.717) is 11.4 Å². The van der Waals surface area contributed by atoms with Gasteiger partial charge in [-0.3, -0.25) is 0 Å². The third kappa shape index (κ3) is 8.07. The second-order valence-electron chi connectivity index (χ2n) is 9.13. The van der Waals surface area contributed by atoms with Crippen LogP contribution in [0.4, 0.5) is 4.39 Å². The molecule has 0 bridgehead atoms. The highest BCUT2D eigenvalue weighted by Crippen LogP contribution is 2.27. The maximum atomic E-state index is 14.9. The highest BCUT2D eigenvalue weighted by Gasteiger charge is 2.09. The smallest absolute Gasteiger partial charge is 0.159 e. The van der Waals surface area contributed by atoms with E-state index in [1.165, 1.54) is 69.8 Å². The van der Waals surface area contributed by atoms with Crippen molar-refractivity contribution < 1.29 is 4.39 Å². The summed E-state index contributed by atoms with van der Waals surface area (Å²) in [5.74, 6) is 0.345. The summed E-state index contributed by atoms with van der Waals surface area (Å²) in [5, 5.41) is 0. The van der Waals surface area contributed by atoms with E-state index in [-0.39, 0.29) is 5.82 Å². The molecule has 3 rings (SSSR count). The molecular formula is C30H39FN2. The van der Waals surface area contributed by atoms with Gasteiger partial charge in [-0.2, -0.15) is 0 Å². The Morgan fingerprint density at radius 3 is 1.79 bits per heavy atom. The van der Waals surface area contributed by atoms with Gasteiger partial charge in [0, 0.05) is 23.5 Å². The lowest BCUT2D eigenvalue weighted by molar-refractivity contribution is 0.607. The fourth-order valence-corrected chi connectivity index (χ4v) is 4.24. The second kappa shape index (κ2) is 13.9. The SMILES string of the molecule is CCCCCCCCc1cnc(-c2ccc(-c3ccc(CCCCCC)cc3)c(F)c2)nc1. The molecule has 3 aromatic rings. The Morgan fingerprint density at radius 1 is 0.606 bits per heavy atom. The molecule has 0 spiro atoms. The van der Waals surface area contributed by atoms with Gasteiger partial charge in [-0.25, -0.2) is 14.4 Å². The van der Waals surface area contributed by atoms with Gasteiger partial charge in [0.1, 0.15) is 5.82 Å². The molecule has 3 heteroatoms. The molecule has 33 heavy (non-hydrogen) atoms. The Kier molecular flexibility index (Phi) is 10.5. The van der Waals surface area contributed by atoms with Crippen LogP contribution in [-0.4, -0.2) is 9.97 Å². The van der Waals surface area contributed by atoms with Gasteiger partial charge >= 0.3 is 0 Å². The standard InChI is InChI=1S/C30H39FN2/c1-3-5-7-9-10-12-14-25-22-32-30(33-23-25)27-19-20-28(29(31)21-27)26-17-15-24(16-18-26)13-11-8-6-4-2/h15-23H,3-14H2,1-2H3. The van der Waals surface area contributed by atoms with Crippen molar-refractivity contribution in [2.24, 2.45) is 0 Å². The first-order valence-electron chi connectivity index (χ1n) is 12.9. The van der Waals surface area contributed by atoms with Crippen molar-refractivity contribution in [2.45, 2.75) is 90.9 Å². The number of benzene rings is 2. The van der Waals surface area contributed by atoms with Gasteiger partial charge in [0.2, 0.25) is 0 Å². The van der Waals surface area contributed by atoms with E-state index < -0.39 is 0 Å². The highest BCUT2D eigenvalue weighted by atomic mass is 19.1. The number of unbranched alkanes of at least 4 members (excludes halogenated alkanes) is 8. The minimum absolute atomic E-state index is 0.233. The molecule has 0 fully saturated rings. The highest BCUT2D eigenvalue weighted by molar-refractivity contribution is 5.68. The molecule has 0 saturated heterocycles. The van der Waals surface area contributed by atoms with Crippen LogP contribution in [0.1, 0.15) is 89.2 Å². The van der Waals surface area contributed by atoms with E-state index in [4.69, 9.17) is 0 Å². The molecule has 1 aromatic heterocycles. The predicted octanol–water partition coefficient (Wildman–Crippen LogP) is 8.98. The molecule has 0 radical (unpaired) electrons. The fourth-order valence-electron chi connectivity index (χ4n) is 4.24. The van der Waals surface area contributed by atoms with Crippen LogP contribution in [0, 0.1) is 5.82 Å². The number of aromatic nitrogens is 2. The molecule has 0 aliphatic heterocycles. The number of hydrogen-bond acceptors (Lipinski definition) is 2. The zero-order valence-corrected chi connectivity index (χ0v) is 20.5. The predicted molar refractivity (Wildman–Crippen MR) is 138 cm³/mol. The normalized spacial score (nSPS) is 11.1. The molecule has 0 N–H and O–H groups in total. The summed E-state index contributed by atoms with van der Waals surface area (Å²) in [7, 11) is 0. The van der Waals surface area contributed by atoms with Crippen molar-refractivity contribution in [2.75, 3.05) is 0 Å². The van der Waals surface area contributed by atoms with Crippen molar-refractivity contribution in [1.82, 2.24) is 9.97 Å². The quantitative estimate of drug-likeness (QED) is 0.231. The molecule has 0 amide bonds. The largest absolute Gasteiger partial charge is 0.236 e. The number of hydrogen-bond donors (Lipinski definition) is 0. The molecule has 0 aliphatic rings. The lowest BCUT2D eigenvalue weighted by Gasteiger charge is -2.08. The van der Waals surface area contributed by atoms with Crippen LogP contribution in [0.5, 0.6) is 0 Å². The van der Waals surface area contributed by atoms with Gasteiger partial charge in [0.05, 0.1) is 0 Å². The molecule has 0 aliphatic carbocycles. The Balaban J connectivity index is 1.56. The van der Waals surface area contributed by atoms with E-state index >= 15 is 0 Å². The van der Waals surface area contributed by atoms with Gasteiger partial charge in [-0.05, 0) is 48.4 Å². The summed E-state index contributed by atoms with van der Waals surface area (Å²) in [6.45, 7) is 4.47. The zero-order chi connectivity index (χ0) is 23.3. The molecule has 0 atom stereocenters. The van der Waals surface area contributed by atoms with Crippen molar-refractivity contribution in [1.29, 1.82) is 0 Å². The van der Waals surface area contributed by atoms with Gasteiger partial charge in [0.25, 0.3) is 0 Å². The maximum absolute atomic E-state index is 14.9. The lowest BCUT2D eigenvalue weighted by atomic mass is 9.99. The summed E-state index contributed by atoms with van der Waals surface area (Å²) < 4.78 is 14.9. The van der Waals surface area contributed by atoms with Crippen LogP contribution in [0.2, 0.25) is 0 Å². The van der Waals surface area contributed by atoms with Gasteiger partial charge in [-0.15, -0.1) is 0 Å². The van der Waals surface area contributed by atoms with Crippen molar-refractivity contribution in [3.05, 3.63) is 71.8 Å². The van der Waals surface area contributed by atoms with Crippen LogP contribution in [-0.2, 0) is 12.8 Å². The molecular weight excluding hydrogens is 407 g/mol. The van der Waals surface area contributed by atoms with Gasteiger partial charge < -0.3 is 0 Å². The van der Waals surface area contributed by atoms with E-state index in [0.717, 1.165) is 29.5 Å². The monoisotopic (exact) mass is 446 g/mol. The van der Waals surface area contributed by atoms with Crippen LogP contribution >= 0.6 is 0 Å². The van der Waals surface area contributed by atoms with Crippen molar-refractivity contribution >= 4 is 0 Å². The number of aryl methyl sites for hydroxylation is 2. The number of halogens is 1. The van der Waals surface area contributed by atoms with Crippen LogP contribution in [0.25, 0.3) is 22.5 Å². The summed E-state index contributed by atoms with van der Waals surface area (Å²) in [5.41, 5.74) is 4.72. The number of nitrogens with zero attached hydrogens (tertiary/aromatic N) is 2. The Bertz CT molecular complexity index is 948. The minimum Gasteiger partial charge on any atom is -0.236 e. The second-order valence-corrected chi connectivity index (χ2v) is 9.13. The van der Waals surface area contributed by atoms with Crippen molar-refractivity contribution in [3.63, 3.8) is 0 Å². The molecule has 176 valence electrons. The molecule has 0 unspecified atom stereocenters. The first-order chi connectivity index (χ1) is 16.2. The van der Waals surface area contributed by atoms with Crippen LogP contribution in [0.15, 0.2) is 54.9 Å². The number of rotatable bonds is 14. The van der Waals surface area contributed by atoms with E-state index in [9.17, 15) is 4.39 Å². The first-order valence-corrected chi connectivity index (χ1v) is 12.9.